The van der Waals surface area contributed by atoms with Crippen LogP contribution in [0.5, 0.6) is 0 Å². The molecule has 3 rings (SSSR count). The number of likely N-dealkylation sites (N-methyl/N-ethyl adjacent to an activating group) is 1. The molecule has 5 nitrogen and oxygen atoms in total. The minimum absolute atomic E-state index is 0.0749. The molecule has 2 amide bonds. The molecule has 0 unspecified atom stereocenters. The van der Waals surface area contributed by atoms with E-state index in [0.717, 1.165) is 11.1 Å². The third kappa shape index (κ3) is 5.01. The van der Waals surface area contributed by atoms with Crippen molar-refractivity contribution >= 4 is 17.5 Å². The number of nitrogens with one attached hydrogen (secondary N) is 1. The van der Waals surface area contributed by atoms with Crippen LogP contribution in [0, 0.1) is 11.7 Å². The van der Waals surface area contributed by atoms with Crippen molar-refractivity contribution in [2.45, 2.75) is 38.9 Å². The van der Waals surface area contributed by atoms with Crippen LogP contribution in [0.2, 0.25) is 0 Å². The molecule has 154 valence electrons. The lowest BCUT2D eigenvalue weighted by molar-refractivity contribution is -0.135. The molecule has 1 aliphatic heterocycles. The number of amides is 2. The van der Waals surface area contributed by atoms with Gasteiger partial charge in [-0.05, 0) is 44.0 Å². The number of ether oxygens (including phenoxy) is 1. The normalized spacial score (nSPS) is 19.5. The maximum Gasteiger partial charge on any atom is 0.237 e. The van der Waals surface area contributed by atoms with Crippen molar-refractivity contribution in [2.24, 2.45) is 5.92 Å². The fraction of sp³-hybridized carbons (Fsp3) is 0.391. The first-order valence-electron chi connectivity index (χ1n) is 9.69. The minimum atomic E-state index is -0.904. The summed E-state index contributed by atoms with van der Waals surface area (Å²) in [5, 5.41) is 2.58. The molecule has 2 aromatic rings. The lowest BCUT2D eigenvalue weighted by Crippen LogP contribution is -2.33. The van der Waals surface area contributed by atoms with Gasteiger partial charge in [0.2, 0.25) is 11.8 Å². The van der Waals surface area contributed by atoms with E-state index in [1.54, 1.807) is 24.1 Å². The Bertz CT molecular complexity index is 907. The Balaban J connectivity index is 1.83. The standard InChI is InChI=1S/C23H27FN2O3/c1-23(2,3)29-14-15-8-7-9-16(12-15)17-13-26(4)22(28)20(17)21(27)25-19-11-6-5-10-18(19)24/h5-12,17,20H,13-14H2,1-4H3,(H,25,27)/t17-,20+/m0/s1. The van der Waals surface area contributed by atoms with Gasteiger partial charge in [0.25, 0.3) is 0 Å². The number of carbonyl (C=O) groups excluding carboxylic acids is 2. The van der Waals surface area contributed by atoms with Gasteiger partial charge < -0.3 is 15.0 Å². The molecule has 2 aromatic carbocycles. The van der Waals surface area contributed by atoms with E-state index in [2.05, 4.69) is 5.32 Å². The third-order valence-electron chi connectivity index (χ3n) is 4.98. The zero-order valence-corrected chi connectivity index (χ0v) is 17.2. The molecule has 0 radical (unpaired) electrons. The molecule has 1 saturated heterocycles. The molecule has 1 heterocycles. The molecule has 1 N–H and O–H groups in total. The van der Waals surface area contributed by atoms with Gasteiger partial charge in [0.15, 0.2) is 0 Å². The number of nitrogens with zero attached hydrogens (tertiary/aromatic N) is 1. The molecule has 1 aliphatic rings. The molecule has 1 fully saturated rings. The molecule has 0 aliphatic carbocycles. The summed E-state index contributed by atoms with van der Waals surface area (Å²) >= 11 is 0. The molecule has 6 heteroatoms. The Morgan fingerprint density at radius 1 is 1.21 bits per heavy atom. The van der Waals surface area contributed by atoms with E-state index >= 15 is 0 Å². The predicted octanol–water partition coefficient (Wildman–Crippen LogP) is 3.95. The van der Waals surface area contributed by atoms with E-state index in [4.69, 9.17) is 4.74 Å². The van der Waals surface area contributed by atoms with Crippen molar-refractivity contribution < 1.29 is 18.7 Å². The van der Waals surface area contributed by atoms with Crippen molar-refractivity contribution in [2.75, 3.05) is 18.9 Å². The molecule has 0 aromatic heterocycles. The van der Waals surface area contributed by atoms with Crippen molar-refractivity contribution in [1.82, 2.24) is 4.90 Å². The zero-order valence-electron chi connectivity index (χ0n) is 17.2. The minimum Gasteiger partial charge on any atom is -0.371 e. The van der Waals surface area contributed by atoms with Gasteiger partial charge in [0, 0.05) is 19.5 Å². The Kier molecular flexibility index (Phi) is 6.03. The van der Waals surface area contributed by atoms with E-state index in [-0.39, 0.29) is 23.1 Å². The topological polar surface area (TPSA) is 58.6 Å². The molecule has 29 heavy (non-hydrogen) atoms. The maximum atomic E-state index is 13.9. The summed E-state index contributed by atoms with van der Waals surface area (Å²) < 4.78 is 19.8. The van der Waals surface area contributed by atoms with Crippen LogP contribution >= 0.6 is 0 Å². The average molecular weight is 398 g/mol. The predicted molar refractivity (Wildman–Crippen MR) is 110 cm³/mol. The van der Waals surface area contributed by atoms with Gasteiger partial charge in [-0.2, -0.15) is 0 Å². The lowest BCUT2D eigenvalue weighted by atomic mass is 9.87. The van der Waals surface area contributed by atoms with Gasteiger partial charge in [-0.3, -0.25) is 9.59 Å². The Morgan fingerprint density at radius 3 is 2.62 bits per heavy atom. The van der Waals surface area contributed by atoms with Gasteiger partial charge in [0.05, 0.1) is 17.9 Å². The van der Waals surface area contributed by atoms with Crippen molar-refractivity contribution in [1.29, 1.82) is 0 Å². The third-order valence-corrected chi connectivity index (χ3v) is 4.98. The van der Waals surface area contributed by atoms with E-state index in [9.17, 15) is 14.0 Å². The van der Waals surface area contributed by atoms with Crippen LogP contribution in [0.15, 0.2) is 48.5 Å². The lowest BCUT2D eigenvalue weighted by Gasteiger charge is -2.21. The van der Waals surface area contributed by atoms with Crippen LogP contribution < -0.4 is 5.32 Å². The van der Waals surface area contributed by atoms with Crippen LogP contribution in [0.1, 0.15) is 37.8 Å². The summed E-state index contributed by atoms with van der Waals surface area (Å²) in [7, 11) is 1.68. The van der Waals surface area contributed by atoms with Crippen LogP contribution in [-0.4, -0.2) is 35.9 Å². The van der Waals surface area contributed by atoms with E-state index in [0.29, 0.717) is 13.2 Å². The summed E-state index contributed by atoms with van der Waals surface area (Å²) in [4.78, 5) is 27.1. The molecule has 0 bridgehead atoms. The van der Waals surface area contributed by atoms with Crippen LogP contribution in [-0.2, 0) is 20.9 Å². The highest BCUT2D eigenvalue weighted by Crippen LogP contribution is 2.34. The van der Waals surface area contributed by atoms with Crippen LogP contribution in [0.25, 0.3) is 0 Å². The number of para-hydroxylation sites is 1. The van der Waals surface area contributed by atoms with Crippen LogP contribution in [0.3, 0.4) is 0 Å². The second-order valence-electron chi connectivity index (χ2n) is 8.42. The number of benzene rings is 2. The largest absolute Gasteiger partial charge is 0.371 e. The summed E-state index contributed by atoms with van der Waals surface area (Å²) in [6, 6.07) is 13.7. The zero-order chi connectivity index (χ0) is 21.2. The fourth-order valence-electron chi connectivity index (χ4n) is 3.48. The highest BCUT2D eigenvalue weighted by Gasteiger charge is 2.44. The van der Waals surface area contributed by atoms with Gasteiger partial charge in [-0.25, -0.2) is 4.39 Å². The summed E-state index contributed by atoms with van der Waals surface area (Å²) in [5.74, 6) is -2.50. The number of carbonyl (C=O) groups is 2. The van der Waals surface area contributed by atoms with E-state index in [1.807, 2.05) is 45.0 Å². The summed E-state index contributed by atoms with van der Waals surface area (Å²) in [6.45, 7) is 6.84. The maximum absolute atomic E-state index is 13.9. The molecule has 0 saturated carbocycles. The Labute approximate surface area is 170 Å². The number of hydrogen-bond acceptors (Lipinski definition) is 3. The van der Waals surface area contributed by atoms with Crippen molar-refractivity contribution in [3.63, 3.8) is 0 Å². The number of halogens is 1. The highest BCUT2D eigenvalue weighted by molar-refractivity contribution is 6.08. The molecular formula is C23H27FN2O3. The van der Waals surface area contributed by atoms with Crippen LogP contribution in [0.4, 0.5) is 10.1 Å². The van der Waals surface area contributed by atoms with E-state index < -0.39 is 17.6 Å². The first-order chi connectivity index (χ1) is 13.7. The number of likely N-dealkylation sites (tertiary alicyclic amines) is 1. The number of rotatable bonds is 5. The first kappa shape index (κ1) is 21.0. The molecule has 0 spiro atoms. The number of hydrogen-bond donors (Lipinski definition) is 1. The Morgan fingerprint density at radius 2 is 1.93 bits per heavy atom. The van der Waals surface area contributed by atoms with Gasteiger partial charge in [-0.15, -0.1) is 0 Å². The monoisotopic (exact) mass is 398 g/mol. The summed E-state index contributed by atoms with van der Waals surface area (Å²) in [5.41, 5.74) is 1.69. The highest BCUT2D eigenvalue weighted by atomic mass is 19.1. The second kappa shape index (κ2) is 8.33. The van der Waals surface area contributed by atoms with Crippen molar-refractivity contribution in [3.8, 4) is 0 Å². The van der Waals surface area contributed by atoms with Crippen molar-refractivity contribution in [3.05, 3.63) is 65.5 Å². The smallest absolute Gasteiger partial charge is 0.237 e. The summed E-state index contributed by atoms with van der Waals surface area (Å²) in [6.07, 6.45) is 0. The quantitative estimate of drug-likeness (QED) is 0.776. The van der Waals surface area contributed by atoms with Gasteiger partial charge in [-0.1, -0.05) is 36.4 Å². The first-order valence-corrected chi connectivity index (χ1v) is 9.69. The van der Waals surface area contributed by atoms with Gasteiger partial charge >= 0.3 is 0 Å². The van der Waals surface area contributed by atoms with E-state index in [1.165, 1.54) is 12.1 Å². The number of anilines is 1. The molecular weight excluding hydrogens is 371 g/mol. The molecule has 2 atom stereocenters. The Hall–Kier alpha value is -2.73. The SMILES string of the molecule is CN1C[C@@H](c2cccc(COC(C)(C)C)c2)[C@H](C(=O)Nc2ccccc2F)C1=O. The fourth-order valence-corrected chi connectivity index (χ4v) is 3.48. The van der Waals surface area contributed by atoms with Gasteiger partial charge in [0.1, 0.15) is 11.7 Å². The second-order valence-corrected chi connectivity index (χ2v) is 8.42. The average Bonchev–Trinajstić information content (AvgIpc) is 2.96.